The van der Waals surface area contributed by atoms with Crippen LogP contribution in [0.25, 0.3) is 0 Å². The van der Waals surface area contributed by atoms with E-state index in [1.807, 2.05) is 0 Å². The van der Waals surface area contributed by atoms with Crippen LogP contribution in [0.2, 0.25) is 0 Å². The van der Waals surface area contributed by atoms with Gasteiger partial charge < -0.3 is 5.11 Å². The Morgan fingerprint density at radius 3 is 2.56 bits per heavy atom. The van der Waals surface area contributed by atoms with Gasteiger partial charge in [0, 0.05) is 18.3 Å². The zero-order chi connectivity index (χ0) is 18.2. The molecule has 0 heterocycles. The van der Waals surface area contributed by atoms with E-state index in [0.29, 0.717) is 29.5 Å². The van der Waals surface area contributed by atoms with Gasteiger partial charge in [0.1, 0.15) is 11.4 Å². The predicted molar refractivity (Wildman–Crippen MR) is 100 cm³/mol. The summed E-state index contributed by atoms with van der Waals surface area (Å²) in [5, 5.41) is 11.4. The Balaban J connectivity index is 1.68. The van der Waals surface area contributed by atoms with Gasteiger partial charge in [-0.2, -0.15) is 0 Å². The SMILES string of the molecule is CC(=O)[C@@]1(O)[C@H](Br)C[C@@H]2[C@@H]3CC[C@H]4CC(=O)CC[C@]4(C)[C@H]3CC[C@@]21C. The largest absolute Gasteiger partial charge is 0.380 e. The molecule has 4 rings (SSSR count). The van der Waals surface area contributed by atoms with Crippen molar-refractivity contribution in [2.24, 2.45) is 34.5 Å². The van der Waals surface area contributed by atoms with Crippen molar-refractivity contribution in [3.05, 3.63) is 0 Å². The standard InChI is InChI=1S/C21H31BrO3/c1-12(23)21(25)18(22)11-17-15-5-4-13-10-14(24)6-8-19(13,2)16(15)7-9-20(17,21)3/h13,15-18,25H,4-11H2,1-3H3/t13-,15+,16-,17+,18+,19-,20-,21+/m0/s1. The molecule has 1 N–H and O–H groups in total. The molecule has 0 bridgehead atoms. The molecule has 3 nitrogen and oxygen atoms in total. The first-order valence-corrected chi connectivity index (χ1v) is 11.0. The van der Waals surface area contributed by atoms with Crippen LogP contribution >= 0.6 is 15.9 Å². The number of Topliss-reactive ketones (excluding diaryl/α,β-unsaturated/α-hetero) is 2. The van der Waals surface area contributed by atoms with Gasteiger partial charge in [0.25, 0.3) is 0 Å². The minimum Gasteiger partial charge on any atom is -0.380 e. The molecule has 0 radical (unpaired) electrons. The molecule has 8 atom stereocenters. The lowest BCUT2D eigenvalue weighted by atomic mass is 9.44. The van der Waals surface area contributed by atoms with Crippen molar-refractivity contribution in [2.75, 3.05) is 0 Å². The van der Waals surface area contributed by atoms with E-state index in [2.05, 4.69) is 29.8 Å². The first-order chi connectivity index (χ1) is 11.6. The van der Waals surface area contributed by atoms with Crippen molar-refractivity contribution in [2.45, 2.75) is 82.6 Å². The lowest BCUT2D eigenvalue weighted by Crippen LogP contribution is -2.59. The molecular weight excluding hydrogens is 380 g/mol. The zero-order valence-corrected chi connectivity index (χ0v) is 17.3. The fourth-order valence-electron chi connectivity index (χ4n) is 7.65. The average molecular weight is 411 g/mol. The van der Waals surface area contributed by atoms with Crippen LogP contribution in [0.4, 0.5) is 0 Å². The van der Waals surface area contributed by atoms with E-state index in [4.69, 9.17) is 0 Å². The van der Waals surface area contributed by atoms with E-state index < -0.39 is 5.60 Å². The highest BCUT2D eigenvalue weighted by atomic mass is 79.9. The minimum atomic E-state index is -1.23. The van der Waals surface area contributed by atoms with Crippen LogP contribution in [0, 0.1) is 34.5 Å². The van der Waals surface area contributed by atoms with E-state index in [9.17, 15) is 14.7 Å². The molecule has 4 aliphatic rings. The highest BCUT2D eigenvalue weighted by Gasteiger charge is 2.69. The number of ketones is 2. The number of hydrogen-bond acceptors (Lipinski definition) is 3. The van der Waals surface area contributed by atoms with Crippen LogP contribution in [0.1, 0.15) is 72.1 Å². The topological polar surface area (TPSA) is 54.4 Å². The number of halogens is 1. The second-order valence-electron chi connectivity index (χ2n) is 9.88. The summed E-state index contributed by atoms with van der Waals surface area (Å²) in [6.45, 7) is 6.15. The van der Waals surface area contributed by atoms with Gasteiger partial charge >= 0.3 is 0 Å². The van der Waals surface area contributed by atoms with Gasteiger partial charge in [0.05, 0.1) is 4.83 Å². The molecular formula is C21H31BrO3. The van der Waals surface area contributed by atoms with Crippen LogP contribution in [-0.4, -0.2) is 27.1 Å². The van der Waals surface area contributed by atoms with Gasteiger partial charge in [-0.1, -0.05) is 29.8 Å². The number of rotatable bonds is 1. The van der Waals surface area contributed by atoms with Crippen molar-refractivity contribution in [3.8, 4) is 0 Å². The summed E-state index contributed by atoms with van der Waals surface area (Å²) in [6.07, 6.45) is 7.77. The van der Waals surface area contributed by atoms with Crippen molar-refractivity contribution < 1.29 is 14.7 Å². The Morgan fingerprint density at radius 2 is 1.88 bits per heavy atom. The van der Waals surface area contributed by atoms with Crippen LogP contribution < -0.4 is 0 Å². The van der Waals surface area contributed by atoms with E-state index >= 15 is 0 Å². The Bertz CT molecular complexity index is 618. The molecule has 0 aliphatic heterocycles. The summed E-state index contributed by atoms with van der Waals surface area (Å²) >= 11 is 3.68. The van der Waals surface area contributed by atoms with Gasteiger partial charge in [-0.25, -0.2) is 0 Å². The normalized spacial score (nSPS) is 55.2. The summed E-state index contributed by atoms with van der Waals surface area (Å²) in [4.78, 5) is 24.3. The maximum atomic E-state index is 12.4. The lowest BCUT2D eigenvalue weighted by Gasteiger charge is -2.60. The molecule has 0 aromatic carbocycles. The fraction of sp³-hybridized carbons (Fsp3) is 0.905. The maximum absolute atomic E-state index is 12.4. The highest BCUT2D eigenvalue weighted by molar-refractivity contribution is 9.09. The van der Waals surface area contributed by atoms with E-state index in [1.165, 1.54) is 0 Å². The molecule has 0 saturated heterocycles. The number of carbonyl (C=O) groups is 2. The third-order valence-corrected chi connectivity index (χ3v) is 10.2. The molecule has 4 saturated carbocycles. The molecule has 0 aromatic rings. The van der Waals surface area contributed by atoms with Crippen molar-refractivity contribution in [1.82, 2.24) is 0 Å². The summed E-state index contributed by atoms with van der Waals surface area (Å²) in [5.74, 6) is 2.55. The Kier molecular flexibility index (Phi) is 4.10. The maximum Gasteiger partial charge on any atom is 0.163 e. The fourth-order valence-corrected chi connectivity index (χ4v) is 8.90. The smallest absolute Gasteiger partial charge is 0.163 e. The van der Waals surface area contributed by atoms with Crippen molar-refractivity contribution in [1.29, 1.82) is 0 Å². The van der Waals surface area contributed by atoms with Crippen molar-refractivity contribution in [3.63, 3.8) is 0 Å². The molecule has 140 valence electrons. The molecule has 0 aromatic heterocycles. The predicted octanol–water partition coefficient (Wildman–Crippen LogP) is 4.29. The molecule has 0 spiro atoms. The lowest BCUT2D eigenvalue weighted by molar-refractivity contribution is -0.168. The third-order valence-electron chi connectivity index (χ3n) is 9.19. The Morgan fingerprint density at radius 1 is 1.16 bits per heavy atom. The van der Waals surface area contributed by atoms with E-state index in [1.54, 1.807) is 6.92 Å². The highest BCUT2D eigenvalue weighted by Crippen LogP contribution is 2.68. The average Bonchev–Trinajstić information content (AvgIpc) is 2.77. The zero-order valence-electron chi connectivity index (χ0n) is 15.7. The number of fused-ring (bicyclic) bond motifs is 5. The molecule has 4 fully saturated rings. The van der Waals surface area contributed by atoms with Crippen LogP contribution in [0.5, 0.6) is 0 Å². The van der Waals surface area contributed by atoms with Crippen LogP contribution in [0.15, 0.2) is 0 Å². The minimum absolute atomic E-state index is 0.0824. The number of carbonyl (C=O) groups excluding carboxylic acids is 2. The van der Waals surface area contributed by atoms with Gasteiger partial charge in [0.2, 0.25) is 0 Å². The van der Waals surface area contributed by atoms with Gasteiger partial charge in [-0.3, -0.25) is 9.59 Å². The second-order valence-corrected chi connectivity index (χ2v) is 11.0. The van der Waals surface area contributed by atoms with Gasteiger partial charge in [-0.05, 0) is 74.5 Å². The quantitative estimate of drug-likeness (QED) is 0.655. The molecule has 0 amide bonds. The van der Waals surface area contributed by atoms with E-state index in [-0.39, 0.29) is 21.4 Å². The Labute approximate surface area is 159 Å². The van der Waals surface area contributed by atoms with Crippen LogP contribution in [-0.2, 0) is 9.59 Å². The van der Waals surface area contributed by atoms with Gasteiger partial charge in [0.15, 0.2) is 5.78 Å². The molecule has 4 heteroatoms. The molecule has 25 heavy (non-hydrogen) atoms. The summed E-state index contributed by atoms with van der Waals surface area (Å²) in [7, 11) is 0. The van der Waals surface area contributed by atoms with Gasteiger partial charge in [-0.15, -0.1) is 0 Å². The first kappa shape index (κ1) is 18.2. The number of alkyl halides is 1. The summed E-state index contributed by atoms with van der Waals surface area (Å²) in [6, 6.07) is 0. The third kappa shape index (κ3) is 2.19. The number of hydrogen-bond donors (Lipinski definition) is 1. The molecule has 4 aliphatic carbocycles. The van der Waals surface area contributed by atoms with Crippen LogP contribution in [0.3, 0.4) is 0 Å². The molecule has 0 unspecified atom stereocenters. The first-order valence-electron chi connectivity index (χ1n) is 10.0. The monoisotopic (exact) mass is 410 g/mol. The number of aliphatic hydroxyl groups is 1. The Hall–Kier alpha value is -0.220. The summed E-state index contributed by atoms with van der Waals surface area (Å²) in [5.41, 5.74) is -1.28. The summed E-state index contributed by atoms with van der Waals surface area (Å²) < 4.78 is 0. The van der Waals surface area contributed by atoms with E-state index in [0.717, 1.165) is 51.4 Å². The van der Waals surface area contributed by atoms with Crippen molar-refractivity contribution >= 4 is 27.5 Å². The second kappa shape index (κ2) is 5.64.